The van der Waals surface area contributed by atoms with Crippen LogP contribution in [0.4, 0.5) is 5.69 Å². The van der Waals surface area contributed by atoms with E-state index in [9.17, 15) is 4.79 Å². The SMILES string of the molecule is CSc1nc(=O)n(Cc2ccc(Cl)cc2)c2cc(N3CCOCC3)cnc12. The summed E-state index contributed by atoms with van der Waals surface area (Å²) in [5.74, 6) is 0. The maximum atomic E-state index is 12.7. The van der Waals surface area contributed by atoms with Gasteiger partial charge in [-0.15, -0.1) is 11.8 Å². The van der Waals surface area contributed by atoms with Crippen molar-refractivity contribution in [3.8, 4) is 0 Å². The Kier molecular flexibility index (Phi) is 5.33. The number of nitrogens with zero attached hydrogens (tertiary/aromatic N) is 4. The van der Waals surface area contributed by atoms with Crippen LogP contribution in [0, 0.1) is 0 Å². The minimum Gasteiger partial charge on any atom is -0.378 e. The molecule has 8 heteroatoms. The summed E-state index contributed by atoms with van der Waals surface area (Å²) in [7, 11) is 0. The molecule has 1 aromatic carbocycles. The summed E-state index contributed by atoms with van der Waals surface area (Å²) < 4.78 is 7.11. The van der Waals surface area contributed by atoms with E-state index in [0.717, 1.165) is 35.4 Å². The summed E-state index contributed by atoms with van der Waals surface area (Å²) in [6.07, 6.45) is 3.76. The average Bonchev–Trinajstić information content (AvgIpc) is 2.71. The van der Waals surface area contributed by atoms with Gasteiger partial charge in [0.2, 0.25) is 0 Å². The van der Waals surface area contributed by atoms with E-state index in [1.165, 1.54) is 11.8 Å². The van der Waals surface area contributed by atoms with Gasteiger partial charge in [-0.3, -0.25) is 4.57 Å². The molecule has 4 rings (SSSR count). The van der Waals surface area contributed by atoms with Crippen LogP contribution in [0.5, 0.6) is 0 Å². The molecule has 0 aliphatic carbocycles. The lowest BCUT2D eigenvalue weighted by atomic mass is 10.2. The Bertz CT molecular complexity index is 1020. The number of fused-ring (bicyclic) bond motifs is 1. The van der Waals surface area contributed by atoms with Crippen molar-refractivity contribution in [1.29, 1.82) is 0 Å². The number of halogens is 1. The summed E-state index contributed by atoms with van der Waals surface area (Å²) in [6.45, 7) is 3.44. The van der Waals surface area contributed by atoms with Gasteiger partial charge >= 0.3 is 5.69 Å². The molecule has 1 fully saturated rings. The predicted molar refractivity (Wildman–Crippen MR) is 109 cm³/mol. The molecule has 2 aromatic heterocycles. The van der Waals surface area contributed by atoms with E-state index in [4.69, 9.17) is 16.3 Å². The third kappa shape index (κ3) is 3.81. The minimum atomic E-state index is -0.275. The molecular weight excluding hydrogens is 384 g/mol. The molecule has 140 valence electrons. The summed E-state index contributed by atoms with van der Waals surface area (Å²) >= 11 is 7.41. The number of anilines is 1. The Hall–Kier alpha value is -2.09. The number of hydrogen-bond acceptors (Lipinski definition) is 6. The highest BCUT2D eigenvalue weighted by Crippen LogP contribution is 2.26. The fourth-order valence-corrected chi connectivity index (χ4v) is 3.82. The first kappa shape index (κ1) is 18.3. The van der Waals surface area contributed by atoms with Gasteiger partial charge in [0.05, 0.1) is 37.2 Å². The number of aromatic nitrogens is 3. The summed E-state index contributed by atoms with van der Waals surface area (Å²) in [4.78, 5) is 23.8. The molecule has 0 amide bonds. The van der Waals surface area contributed by atoms with Crippen LogP contribution in [0.15, 0.2) is 46.3 Å². The normalized spacial score (nSPS) is 14.7. The fraction of sp³-hybridized carbons (Fsp3) is 0.316. The second-order valence-electron chi connectivity index (χ2n) is 6.28. The van der Waals surface area contributed by atoms with Crippen molar-refractivity contribution in [2.75, 3.05) is 37.5 Å². The third-order valence-electron chi connectivity index (χ3n) is 4.60. The van der Waals surface area contributed by atoms with Gasteiger partial charge < -0.3 is 9.64 Å². The van der Waals surface area contributed by atoms with E-state index in [0.29, 0.717) is 29.8 Å². The van der Waals surface area contributed by atoms with Crippen molar-refractivity contribution in [3.05, 3.63) is 57.6 Å². The third-order valence-corrected chi connectivity index (χ3v) is 5.52. The topological polar surface area (TPSA) is 60.2 Å². The number of ether oxygens (including phenoxy) is 1. The first-order valence-corrected chi connectivity index (χ1v) is 10.3. The highest BCUT2D eigenvalue weighted by Gasteiger charge is 2.16. The van der Waals surface area contributed by atoms with Gasteiger partial charge in [0.15, 0.2) is 0 Å². The van der Waals surface area contributed by atoms with Crippen molar-refractivity contribution < 1.29 is 4.74 Å². The van der Waals surface area contributed by atoms with Crippen LogP contribution in [0.25, 0.3) is 11.0 Å². The molecular formula is C19H19ClN4O2S. The van der Waals surface area contributed by atoms with E-state index in [2.05, 4.69) is 14.9 Å². The molecule has 0 N–H and O–H groups in total. The van der Waals surface area contributed by atoms with Crippen LogP contribution in [0.3, 0.4) is 0 Å². The molecule has 1 aliphatic heterocycles. The first-order chi connectivity index (χ1) is 13.2. The molecule has 3 aromatic rings. The molecule has 3 heterocycles. The largest absolute Gasteiger partial charge is 0.378 e. The Labute approximate surface area is 166 Å². The Morgan fingerprint density at radius 3 is 2.67 bits per heavy atom. The number of pyridine rings is 1. The Morgan fingerprint density at radius 1 is 1.22 bits per heavy atom. The first-order valence-electron chi connectivity index (χ1n) is 8.67. The average molecular weight is 403 g/mol. The summed E-state index contributed by atoms with van der Waals surface area (Å²) in [5.41, 5.74) is 3.24. The van der Waals surface area contributed by atoms with Gasteiger partial charge in [0.1, 0.15) is 10.5 Å². The zero-order valence-electron chi connectivity index (χ0n) is 14.9. The van der Waals surface area contributed by atoms with Gasteiger partial charge in [-0.1, -0.05) is 23.7 Å². The van der Waals surface area contributed by atoms with Gasteiger partial charge in [0, 0.05) is 18.1 Å². The molecule has 1 aliphatic rings. The molecule has 0 saturated carbocycles. The molecule has 27 heavy (non-hydrogen) atoms. The van der Waals surface area contributed by atoms with Crippen molar-refractivity contribution in [2.45, 2.75) is 11.6 Å². The van der Waals surface area contributed by atoms with E-state index in [1.54, 1.807) is 4.57 Å². The van der Waals surface area contributed by atoms with E-state index in [-0.39, 0.29) is 5.69 Å². The quantitative estimate of drug-likeness (QED) is 0.493. The van der Waals surface area contributed by atoms with Crippen LogP contribution in [-0.4, -0.2) is 47.1 Å². The molecule has 0 unspecified atom stereocenters. The lowest BCUT2D eigenvalue weighted by Gasteiger charge is -2.28. The van der Waals surface area contributed by atoms with Crippen molar-refractivity contribution in [3.63, 3.8) is 0 Å². The minimum absolute atomic E-state index is 0.275. The second kappa shape index (κ2) is 7.88. The van der Waals surface area contributed by atoms with Crippen LogP contribution < -0.4 is 10.6 Å². The van der Waals surface area contributed by atoms with E-state index < -0.39 is 0 Å². The highest BCUT2D eigenvalue weighted by molar-refractivity contribution is 7.98. The molecule has 0 atom stereocenters. The zero-order valence-corrected chi connectivity index (χ0v) is 16.5. The standard InChI is InChI=1S/C19H19ClN4O2S/c1-27-18-17-16(10-15(11-21-17)23-6-8-26-9-7-23)24(19(25)22-18)12-13-2-4-14(20)5-3-13/h2-5,10-11H,6-9,12H2,1H3. The van der Waals surface area contributed by atoms with Crippen LogP contribution in [0.2, 0.25) is 5.02 Å². The Morgan fingerprint density at radius 2 is 1.96 bits per heavy atom. The maximum absolute atomic E-state index is 12.7. The number of morpholine rings is 1. The number of benzene rings is 1. The smallest absolute Gasteiger partial charge is 0.349 e. The molecule has 0 bridgehead atoms. The van der Waals surface area contributed by atoms with Gasteiger partial charge in [-0.05, 0) is 30.0 Å². The van der Waals surface area contributed by atoms with Gasteiger partial charge in [-0.2, -0.15) is 4.98 Å². The number of rotatable bonds is 4. The van der Waals surface area contributed by atoms with Crippen molar-refractivity contribution >= 4 is 40.1 Å². The molecule has 1 saturated heterocycles. The molecule has 0 spiro atoms. The Balaban J connectivity index is 1.83. The zero-order chi connectivity index (χ0) is 18.8. The lowest BCUT2D eigenvalue weighted by molar-refractivity contribution is 0.122. The number of thioether (sulfide) groups is 1. The van der Waals surface area contributed by atoms with Crippen molar-refractivity contribution in [1.82, 2.24) is 14.5 Å². The second-order valence-corrected chi connectivity index (χ2v) is 7.51. The highest BCUT2D eigenvalue weighted by atomic mass is 35.5. The lowest BCUT2D eigenvalue weighted by Crippen LogP contribution is -2.36. The van der Waals surface area contributed by atoms with E-state index >= 15 is 0 Å². The summed E-state index contributed by atoms with van der Waals surface area (Å²) in [5, 5.41) is 1.32. The predicted octanol–water partition coefficient (Wildman–Crippen LogP) is 3.05. The monoisotopic (exact) mass is 402 g/mol. The van der Waals surface area contributed by atoms with Crippen LogP contribution in [0.1, 0.15) is 5.56 Å². The van der Waals surface area contributed by atoms with Gasteiger partial charge in [0.25, 0.3) is 0 Å². The van der Waals surface area contributed by atoms with Crippen LogP contribution >= 0.6 is 23.4 Å². The molecule has 0 radical (unpaired) electrons. The van der Waals surface area contributed by atoms with E-state index in [1.807, 2.05) is 42.8 Å². The van der Waals surface area contributed by atoms with Crippen LogP contribution in [-0.2, 0) is 11.3 Å². The molecule has 6 nitrogen and oxygen atoms in total. The van der Waals surface area contributed by atoms with Gasteiger partial charge in [-0.25, -0.2) is 9.78 Å². The fourth-order valence-electron chi connectivity index (χ4n) is 3.18. The maximum Gasteiger partial charge on any atom is 0.349 e. The summed E-state index contributed by atoms with van der Waals surface area (Å²) in [6, 6.07) is 9.52. The number of hydrogen-bond donors (Lipinski definition) is 0. The van der Waals surface area contributed by atoms with Crippen molar-refractivity contribution in [2.24, 2.45) is 0 Å².